The Balaban J connectivity index is 2.14. The highest BCUT2D eigenvalue weighted by Gasteiger charge is 2.21. The molecule has 0 fully saturated rings. The smallest absolute Gasteiger partial charge is 0.239 e. The molecule has 2 aromatic rings. The number of benzene rings is 2. The van der Waals surface area contributed by atoms with E-state index >= 15 is 0 Å². The third-order valence-electron chi connectivity index (χ3n) is 2.92. The maximum atomic E-state index is 12.2. The van der Waals surface area contributed by atoms with Gasteiger partial charge in [-0.25, -0.2) is 8.42 Å². The van der Waals surface area contributed by atoms with Gasteiger partial charge in [-0.3, -0.25) is 4.79 Å². The molecule has 3 N–H and O–H groups in total. The first kappa shape index (κ1) is 15.1. The van der Waals surface area contributed by atoms with Crippen LogP contribution >= 0.6 is 0 Å². The van der Waals surface area contributed by atoms with Crippen LogP contribution in [0.15, 0.2) is 53.4 Å². The summed E-state index contributed by atoms with van der Waals surface area (Å²) in [4.78, 5) is 12.1. The Labute approximate surface area is 123 Å². The topological polar surface area (TPSA) is 89.3 Å². The summed E-state index contributed by atoms with van der Waals surface area (Å²) >= 11 is 0. The molecule has 0 aliphatic rings. The molecule has 6 heteroatoms. The number of sulfone groups is 1. The van der Waals surface area contributed by atoms with E-state index in [9.17, 15) is 13.2 Å². The highest BCUT2D eigenvalue weighted by molar-refractivity contribution is 7.92. The van der Waals surface area contributed by atoms with Gasteiger partial charge in [0.1, 0.15) is 5.75 Å². The third-order valence-corrected chi connectivity index (χ3v) is 4.69. The minimum Gasteiger partial charge on any atom is -0.399 e. The lowest BCUT2D eigenvalue weighted by atomic mass is 10.2. The van der Waals surface area contributed by atoms with Gasteiger partial charge in [0, 0.05) is 11.4 Å². The second-order valence-corrected chi connectivity index (χ2v) is 6.66. The van der Waals surface area contributed by atoms with Crippen molar-refractivity contribution in [3.05, 3.63) is 54.1 Å². The molecule has 2 aromatic carbocycles. The number of nitrogens with two attached hydrogens (primary N) is 1. The molecule has 0 atom stereocenters. The Bertz CT molecular complexity index is 770. The molecule has 0 unspecified atom stereocenters. The molecule has 0 aliphatic carbocycles. The van der Waals surface area contributed by atoms with Crippen LogP contribution in [0.5, 0.6) is 0 Å². The molecular formula is C15H16N2O3S. The lowest BCUT2D eigenvalue weighted by Gasteiger charge is -2.08. The number of nitrogen functional groups attached to an aromatic ring is 1. The van der Waals surface area contributed by atoms with E-state index in [0.717, 1.165) is 0 Å². The van der Waals surface area contributed by atoms with Crippen molar-refractivity contribution in [3.63, 3.8) is 0 Å². The molecular weight excluding hydrogens is 288 g/mol. The first-order chi connectivity index (χ1) is 9.88. The zero-order valence-electron chi connectivity index (χ0n) is 11.5. The quantitative estimate of drug-likeness (QED) is 0.845. The molecule has 1 amide bonds. The van der Waals surface area contributed by atoms with Gasteiger partial charge in [-0.05, 0) is 36.8 Å². The number of carbonyl (C=O) groups excluding carboxylic acids is 1. The second kappa shape index (κ2) is 5.97. The van der Waals surface area contributed by atoms with Gasteiger partial charge in [-0.2, -0.15) is 0 Å². The monoisotopic (exact) mass is 304 g/mol. The first-order valence-electron chi connectivity index (χ1n) is 6.32. The summed E-state index contributed by atoms with van der Waals surface area (Å²) < 4.78 is 24.5. The Morgan fingerprint density at radius 2 is 1.86 bits per heavy atom. The average Bonchev–Trinajstić information content (AvgIpc) is 2.38. The normalized spacial score (nSPS) is 11.1. The zero-order valence-corrected chi connectivity index (χ0v) is 12.4. The highest BCUT2D eigenvalue weighted by Crippen LogP contribution is 2.17. The van der Waals surface area contributed by atoms with Gasteiger partial charge in [0.15, 0.2) is 9.84 Å². The molecule has 110 valence electrons. The number of amides is 1. The second-order valence-electron chi connectivity index (χ2n) is 4.70. The van der Waals surface area contributed by atoms with Gasteiger partial charge < -0.3 is 11.1 Å². The number of anilines is 2. The molecule has 2 rings (SSSR count). The minimum atomic E-state index is -3.66. The zero-order chi connectivity index (χ0) is 15.5. The Morgan fingerprint density at radius 1 is 1.14 bits per heavy atom. The predicted molar refractivity (Wildman–Crippen MR) is 82.7 cm³/mol. The van der Waals surface area contributed by atoms with E-state index in [1.165, 1.54) is 6.07 Å². The van der Waals surface area contributed by atoms with E-state index in [0.29, 0.717) is 16.9 Å². The Hall–Kier alpha value is -2.34. The summed E-state index contributed by atoms with van der Waals surface area (Å²) in [5.74, 6) is -1.20. The maximum absolute atomic E-state index is 12.2. The third kappa shape index (κ3) is 3.82. The number of rotatable bonds is 4. The predicted octanol–water partition coefficient (Wildman–Crippen LogP) is 1.99. The van der Waals surface area contributed by atoms with Crippen LogP contribution in [0.4, 0.5) is 11.4 Å². The van der Waals surface area contributed by atoms with Crippen molar-refractivity contribution in [2.45, 2.75) is 11.8 Å². The lowest BCUT2D eigenvalue weighted by Crippen LogP contribution is -2.23. The van der Waals surface area contributed by atoms with E-state index in [1.807, 2.05) is 0 Å². The summed E-state index contributed by atoms with van der Waals surface area (Å²) in [5.41, 5.74) is 7.19. The molecule has 0 aliphatic heterocycles. The Kier molecular flexibility index (Phi) is 4.28. The van der Waals surface area contributed by atoms with Gasteiger partial charge >= 0.3 is 0 Å². The van der Waals surface area contributed by atoms with E-state index in [-0.39, 0.29) is 4.90 Å². The Morgan fingerprint density at radius 3 is 2.52 bits per heavy atom. The molecule has 0 spiro atoms. The van der Waals surface area contributed by atoms with Crippen LogP contribution in [0.1, 0.15) is 5.56 Å². The summed E-state index contributed by atoms with van der Waals surface area (Å²) in [6, 6.07) is 13.2. The first-order valence-corrected chi connectivity index (χ1v) is 7.97. The van der Waals surface area contributed by atoms with Crippen LogP contribution in [0.25, 0.3) is 0 Å². The van der Waals surface area contributed by atoms with Crippen molar-refractivity contribution in [2.75, 3.05) is 16.8 Å². The molecule has 0 heterocycles. The standard InChI is InChI=1S/C15H16N2O3S/c1-11-5-2-3-8-14(11)21(19,20)10-15(18)17-13-7-4-6-12(16)9-13/h2-9H,10,16H2,1H3,(H,17,18). The van der Waals surface area contributed by atoms with Gasteiger partial charge in [-0.15, -0.1) is 0 Å². The van der Waals surface area contributed by atoms with Crippen LogP contribution in [-0.4, -0.2) is 20.1 Å². The minimum absolute atomic E-state index is 0.174. The molecule has 0 aromatic heterocycles. The van der Waals surface area contributed by atoms with Crippen LogP contribution in [0.3, 0.4) is 0 Å². The van der Waals surface area contributed by atoms with Crippen LogP contribution in [0, 0.1) is 6.92 Å². The van der Waals surface area contributed by atoms with Crippen molar-refractivity contribution in [3.8, 4) is 0 Å². The van der Waals surface area contributed by atoms with Gasteiger partial charge in [0.2, 0.25) is 5.91 Å². The maximum Gasteiger partial charge on any atom is 0.239 e. The molecule has 0 saturated carbocycles. The van der Waals surface area contributed by atoms with Gasteiger partial charge in [0.25, 0.3) is 0 Å². The number of aryl methyl sites for hydroxylation is 1. The van der Waals surface area contributed by atoms with Crippen molar-refractivity contribution < 1.29 is 13.2 Å². The summed E-state index contributed by atoms with van der Waals surface area (Å²) in [6.45, 7) is 1.70. The molecule has 5 nitrogen and oxygen atoms in total. The van der Waals surface area contributed by atoms with Crippen LogP contribution in [-0.2, 0) is 14.6 Å². The number of carbonyl (C=O) groups is 1. The molecule has 21 heavy (non-hydrogen) atoms. The van der Waals surface area contributed by atoms with Crippen molar-refractivity contribution in [1.82, 2.24) is 0 Å². The van der Waals surface area contributed by atoms with Gasteiger partial charge in [0.05, 0.1) is 4.90 Å². The van der Waals surface area contributed by atoms with Crippen molar-refractivity contribution in [2.24, 2.45) is 0 Å². The van der Waals surface area contributed by atoms with E-state index in [1.54, 1.807) is 49.4 Å². The van der Waals surface area contributed by atoms with Gasteiger partial charge in [-0.1, -0.05) is 24.3 Å². The SMILES string of the molecule is Cc1ccccc1S(=O)(=O)CC(=O)Nc1cccc(N)c1. The number of nitrogens with one attached hydrogen (secondary N) is 1. The summed E-state index contributed by atoms with van der Waals surface area (Å²) in [5, 5.41) is 2.53. The van der Waals surface area contributed by atoms with Crippen molar-refractivity contribution in [1.29, 1.82) is 0 Å². The van der Waals surface area contributed by atoms with E-state index in [2.05, 4.69) is 5.32 Å². The molecule has 0 bridgehead atoms. The highest BCUT2D eigenvalue weighted by atomic mass is 32.2. The van der Waals surface area contributed by atoms with Crippen LogP contribution in [0.2, 0.25) is 0 Å². The number of hydrogen-bond donors (Lipinski definition) is 2. The fourth-order valence-corrected chi connectivity index (χ4v) is 3.39. The largest absolute Gasteiger partial charge is 0.399 e. The van der Waals surface area contributed by atoms with Crippen LogP contribution < -0.4 is 11.1 Å². The van der Waals surface area contributed by atoms with E-state index < -0.39 is 21.5 Å². The van der Waals surface area contributed by atoms with Crippen molar-refractivity contribution >= 4 is 27.1 Å². The average molecular weight is 304 g/mol. The summed E-state index contributed by atoms with van der Waals surface area (Å²) in [7, 11) is -3.66. The number of hydrogen-bond acceptors (Lipinski definition) is 4. The lowest BCUT2D eigenvalue weighted by molar-refractivity contribution is -0.113. The fourth-order valence-electron chi connectivity index (χ4n) is 1.97. The molecule has 0 radical (unpaired) electrons. The van der Waals surface area contributed by atoms with E-state index in [4.69, 9.17) is 5.73 Å². The summed E-state index contributed by atoms with van der Waals surface area (Å²) in [6.07, 6.45) is 0. The molecule has 0 saturated heterocycles. The fraction of sp³-hybridized carbons (Fsp3) is 0.133.